The number of hydrogen-bond donors (Lipinski definition) is 2. The molecule has 8 nitrogen and oxygen atoms in total. The molecule has 0 atom stereocenters. The van der Waals surface area contributed by atoms with Gasteiger partial charge in [-0.3, -0.25) is 19.1 Å². The van der Waals surface area contributed by atoms with Gasteiger partial charge in [-0.05, 0) is 29.3 Å². The van der Waals surface area contributed by atoms with Crippen LogP contribution in [0.1, 0.15) is 16.7 Å². The molecule has 164 valence electrons. The van der Waals surface area contributed by atoms with Crippen LogP contribution in [0.4, 0.5) is 5.82 Å². The highest BCUT2D eigenvalue weighted by Gasteiger charge is 2.24. The first-order valence-electron chi connectivity index (χ1n) is 10.2. The van der Waals surface area contributed by atoms with Gasteiger partial charge in [-0.25, -0.2) is 4.79 Å². The predicted molar refractivity (Wildman–Crippen MR) is 123 cm³/mol. The number of fused-ring (bicyclic) bond motifs is 1. The molecule has 2 aromatic carbocycles. The molecule has 32 heavy (non-hydrogen) atoms. The Balaban J connectivity index is 1.60. The van der Waals surface area contributed by atoms with E-state index >= 15 is 0 Å². The number of likely N-dealkylation sites (N-methyl/N-ethyl adjacent to an activating group) is 1. The molecule has 0 fully saturated rings. The highest BCUT2D eigenvalue weighted by atomic mass is 16.5. The van der Waals surface area contributed by atoms with Crippen LogP contribution < -0.4 is 26.2 Å². The van der Waals surface area contributed by atoms with E-state index in [1.165, 1.54) is 0 Å². The summed E-state index contributed by atoms with van der Waals surface area (Å²) in [7, 11) is 3.32. The van der Waals surface area contributed by atoms with E-state index < -0.39 is 11.2 Å². The van der Waals surface area contributed by atoms with Crippen molar-refractivity contribution in [2.75, 3.05) is 25.6 Å². The Morgan fingerprint density at radius 3 is 2.59 bits per heavy atom. The van der Waals surface area contributed by atoms with Crippen LogP contribution in [-0.2, 0) is 17.9 Å². The number of nitrogens with zero attached hydrogens (tertiary/aromatic N) is 2. The van der Waals surface area contributed by atoms with Crippen LogP contribution in [0.25, 0.3) is 6.08 Å². The number of carbonyl (C=O) groups is 1. The fourth-order valence-corrected chi connectivity index (χ4v) is 3.69. The number of aromatic nitrogens is 2. The molecule has 2 N–H and O–H groups in total. The minimum absolute atomic E-state index is 0.150. The summed E-state index contributed by atoms with van der Waals surface area (Å²) in [5.41, 5.74) is 1.56. The lowest BCUT2D eigenvalue weighted by Gasteiger charge is -2.26. The van der Waals surface area contributed by atoms with Crippen molar-refractivity contribution in [2.24, 2.45) is 0 Å². The molecule has 0 saturated carbocycles. The number of aromatic amines is 1. The molecule has 0 unspecified atom stereocenters. The molecule has 0 saturated heterocycles. The van der Waals surface area contributed by atoms with Crippen molar-refractivity contribution in [3.8, 4) is 5.75 Å². The maximum atomic E-state index is 13.1. The summed E-state index contributed by atoms with van der Waals surface area (Å²) in [6.07, 6.45) is 1.57. The monoisotopic (exact) mass is 432 g/mol. The number of rotatable bonds is 6. The molecule has 3 aromatic rings. The zero-order chi connectivity index (χ0) is 22.7. The average Bonchev–Trinajstić information content (AvgIpc) is 2.81. The molecule has 1 aliphatic rings. The van der Waals surface area contributed by atoms with Gasteiger partial charge in [0.05, 0.1) is 19.2 Å². The number of nitrogens with one attached hydrogen (secondary N) is 2. The van der Waals surface area contributed by atoms with Gasteiger partial charge < -0.3 is 15.0 Å². The van der Waals surface area contributed by atoms with Crippen LogP contribution >= 0.6 is 0 Å². The van der Waals surface area contributed by atoms with E-state index in [1.807, 2.05) is 54.6 Å². The largest absolute Gasteiger partial charge is 0.497 e. The Labute approximate surface area is 184 Å². The maximum Gasteiger partial charge on any atom is 0.330 e. The van der Waals surface area contributed by atoms with Gasteiger partial charge in [0.25, 0.3) is 5.56 Å². The first-order chi connectivity index (χ1) is 15.5. The van der Waals surface area contributed by atoms with E-state index in [-0.39, 0.29) is 19.0 Å². The van der Waals surface area contributed by atoms with Crippen molar-refractivity contribution in [3.05, 3.63) is 97.7 Å². The second kappa shape index (κ2) is 8.97. The lowest BCUT2D eigenvalue weighted by Crippen LogP contribution is -2.42. The smallest absolute Gasteiger partial charge is 0.330 e. The third kappa shape index (κ3) is 4.34. The number of methoxy groups -OCH3 is 1. The summed E-state index contributed by atoms with van der Waals surface area (Å²) in [6, 6.07) is 16.7. The minimum atomic E-state index is -0.483. The van der Waals surface area contributed by atoms with Gasteiger partial charge in [0.2, 0.25) is 5.91 Å². The topological polar surface area (TPSA) is 96.4 Å². The second-order valence-electron chi connectivity index (χ2n) is 7.63. The van der Waals surface area contributed by atoms with Crippen molar-refractivity contribution >= 4 is 17.8 Å². The predicted octanol–water partition coefficient (Wildman–Crippen LogP) is 1.74. The third-order valence-electron chi connectivity index (χ3n) is 5.37. The van der Waals surface area contributed by atoms with Gasteiger partial charge in [-0.1, -0.05) is 42.5 Å². The summed E-state index contributed by atoms with van der Waals surface area (Å²) in [5, 5.41) is 2.89. The SMILES string of the molecule is COc1cccc(CNC(=O)C2=Cc3c([nH]c(=O)n(Cc4ccccc4)c3=O)N(C)C2)c1. The van der Waals surface area contributed by atoms with Crippen LogP contribution in [0, 0.1) is 0 Å². The number of anilines is 1. The molecule has 0 aliphatic carbocycles. The van der Waals surface area contributed by atoms with Gasteiger partial charge >= 0.3 is 5.69 Å². The van der Waals surface area contributed by atoms with Crippen LogP contribution in [0.15, 0.2) is 69.8 Å². The van der Waals surface area contributed by atoms with Crippen molar-refractivity contribution in [3.63, 3.8) is 0 Å². The summed E-state index contributed by atoms with van der Waals surface area (Å²) < 4.78 is 6.36. The Bertz CT molecular complexity index is 1290. The molecule has 8 heteroatoms. The zero-order valence-corrected chi connectivity index (χ0v) is 17.9. The standard InChI is InChI=1S/C24H24N4O4/c1-27-15-18(22(29)25-13-17-9-6-10-19(11-17)32-2)12-20-21(27)26-24(31)28(23(20)30)14-16-7-4-3-5-8-16/h3-12H,13-15H2,1-2H3,(H,25,29)(H,26,31). The molecule has 0 spiro atoms. The number of H-pyrrole nitrogens is 1. The zero-order valence-electron chi connectivity index (χ0n) is 17.9. The highest BCUT2D eigenvalue weighted by Crippen LogP contribution is 2.22. The molecule has 0 bridgehead atoms. The van der Waals surface area contributed by atoms with E-state index in [9.17, 15) is 14.4 Å². The van der Waals surface area contributed by atoms with E-state index in [0.717, 1.165) is 15.7 Å². The highest BCUT2D eigenvalue weighted by molar-refractivity contribution is 6.00. The van der Waals surface area contributed by atoms with E-state index in [4.69, 9.17) is 4.74 Å². The number of hydrogen-bond acceptors (Lipinski definition) is 5. The molecular weight excluding hydrogens is 408 g/mol. The molecule has 2 heterocycles. The summed E-state index contributed by atoms with van der Waals surface area (Å²) in [4.78, 5) is 43.0. The molecule has 1 amide bonds. The quantitative estimate of drug-likeness (QED) is 0.619. The molecule has 1 aliphatic heterocycles. The lowest BCUT2D eigenvalue weighted by atomic mass is 10.1. The third-order valence-corrected chi connectivity index (χ3v) is 5.37. The second-order valence-corrected chi connectivity index (χ2v) is 7.63. The van der Waals surface area contributed by atoms with Crippen molar-refractivity contribution in [2.45, 2.75) is 13.1 Å². The van der Waals surface area contributed by atoms with Crippen molar-refractivity contribution in [1.29, 1.82) is 0 Å². The van der Waals surface area contributed by atoms with Gasteiger partial charge in [-0.2, -0.15) is 0 Å². The van der Waals surface area contributed by atoms with Crippen molar-refractivity contribution in [1.82, 2.24) is 14.9 Å². The van der Waals surface area contributed by atoms with Gasteiger partial charge in [0.1, 0.15) is 11.6 Å². The Kier molecular flexibility index (Phi) is 5.93. The molecular formula is C24H24N4O4. The fourth-order valence-electron chi connectivity index (χ4n) is 3.69. The number of amides is 1. The van der Waals surface area contributed by atoms with Crippen molar-refractivity contribution < 1.29 is 9.53 Å². The molecule has 1 aromatic heterocycles. The van der Waals surface area contributed by atoms with Gasteiger partial charge in [-0.15, -0.1) is 0 Å². The Hall–Kier alpha value is -4.07. The normalized spacial score (nSPS) is 12.7. The Morgan fingerprint density at radius 2 is 1.84 bits per heavy atom. The van der Waals surface area contributed by atoms with Crippen LogP contribution in [0.3, 0.4) is 0 Å². The average molecular weight is 432 g/mol. The van der Waals surface area contributed by atoms with Crippen LogP contribution in [-0.4, -0.2) is 36.2 Å². The summed E-state index contributed by atoms with van der Waals surface area (Å²) in [5.74, 6) is 0.851. The summed E-state index contributed by atoms with van der Waals surface area (Å²) in [6.45, 7) is 0.750. The van der Waals surface area contributed by atoms with E-state index in [2.05, 4.69) is 10.3 Å². The first-order valence-corrected chi connectivity index (χ1v) is 10.2. The molecule has 0 radical (unpaired) electrons. The first kappa shape index (κ1) is 21.2. The van der Waals surface area contributed by atoms with E-state index in [1.54, 1.807) is 25.1 Å². The number of benzene rings is 2. The van der Waals surface area contributed by atoms with Crippen LogP contribution in [0.2, 0.25) is 0 Å². The number of ether oxygens (including phenoxy) is 1. The van der Waals surface area contributed by atoms with Crippen LogP contribution in [0.5, 0.6) is 5.75 Å². The summed E-state index contributed by atoms with van der Waals surface area (Å²) >= 11 is 0. The molecule has 4 rings (SSSR count). The van der Waals surface area contributed by atoms with Gasteiger partial charge in [0.15, 0.2) is 0 Å². The Morgan fingerprint density at radius 1 is 1.09 bits per heavy atom. The maximum absolute atomic E-state index is 13.1. The number of carbonyl (C=O) groups excluding carboxylic acids is 1. The lowest BCUT2D eigenvalue weighted by molar-refractivity contribution is -0.117. The van der Waals surface area contributed by atoms with E-state index in [0.29, 0.717) is 29.2 Å². The van der Waals surface area contributed by atoms with Gasteiger partial charge in [0, 0.05) is 25.7 Å². The minimum Gasteiger partial charge on any atom is -0.497 e. The fraction of sp³-hybridized carbons (Fsp3) is 0.208.